The summed E-state index contributed by atoms with van der Waals surface area (Å²) in [7, 11) is 0. The van der Waals surface area contributed by atoms with Gasteiger partial charge in [0.25, 0.3) is 0 Å². The Morgan fingerprint density at radius 1 is 1.20 bits per heavy atom. The molecule has 0 amide bonds. The van der Waals surface area contributed by atoms with Crippen molar-refractivity contribution in [3.63, 3.8) is 0 Å². The van der Waals surface area contributed by atoms with E-state index in [1.807, 2.05) is 43.3 Å². The smallest absolute Gasteiger partial charge is 0.123 e. The van der Waals surface area contributed by atoms with Crippen molar-refractivity contribution in [2.75, 3.05) is 11.9 Å². The molecule has 1 nitrogen and oxygen atoms in total. The van der Waals surface area contributed by atoms with Gasteiger partial charge >= 0.3 is 0 Å². The molecule has 3 heteroatoms. The first-order valence-electron chi connectivity index (χ1n) is 6.22. The van der Waals surface area contributed by atoms with Crippen molar-refractivity contribution in [2.45, 2.75) is 6.92 Å². The molecule has 2 aromatic carbocycles. The summed E-state index contributed by atoms with van der Waals surface area (Å²) < 4.78 is 5.67. The van der Waals surface area contributed by atoms with Gasteiger partial charge in [0.05, 0.1) is 6.61 Å². The van der Waals surface area contributed by atoms with Gasteiger partial charge < -0.3 is 4.74 Å². The van der Waals surface area contributed by atoms with Gasteiger partial charge in [0.15, 0.2) is 0 Å². The van der Waals surface area contributed by atoms with Gasteiger partial charge in [-0.2, -0.15) is 0 Å². The highest BCUT2D eigenvalue weighted by molar-refractivity contribution is 9.09. The zero-order chi connectivity index (χ0) is 14.5. The molecule has 0 aliphatic heterocycles. The normalized spacial score (nSPS) is 10.1. The minimum absolute atomic E-state index is 0.616. The molecule has 102 valence electrons. The van der Waals surface area contributed by atoms with Crippen LogP contribution in [-0.4, -0.2) is 11.9 Å². The van der Waals surface area contributed by atoms with Crippen molar-refractivity contribution in [3.05, 3.63) is 52.5 Å². The summed E-state index contributed by atoms with van der Waals surface area (Å²) in [5.74, 6) is 3.60. The van der Waals surface area contributed by atoms with Gasteiger partial charge in [0, 0.05) is 21.5 Å². The van der Waals surface area contributed by atoms with E-state index in [-0.39, 0.29) is 0 Å². The number of halogens is 2. The maximum absolute atomic E-state index is 5.92. The lowest BCUT2D eigenvalue weighted by Crippen LogP contribution is -2.01. The molecule has 0 heterocycles. The zero-order valence-corrected chi connectivity index (χ0v) is 13.5. The molecule has 2 rings (SSSR count). The van der Waals surface area contributed by atoms with E-state index in [2.05, 4.69) is 21.9 Å². The molecule has 0 saturated heterocycles. The Kier molecular flexibility index (Phi) is 5.11. The Labute approximate surface area is 133 Å². The number of rotatable bonds is 4. The van der Waals surface area contributed by atoms with E-state index in [4.69, 9.17) is 22.8 Å². The van der Waals surface area contributed by atoms with Gasteiger partial charge in [-0.3, -0.25) is 0 Å². The summed E-state index contributed by atoms with van der Waals surface area (Å²) in [6.45, 7) is 2.60. The molecule has 0 fully saturated rings. The van der Waals surface area contributed by atoms with Crippen molar-refractivity contribution in [1.82, 2.24) is 0 Å². The first-order chi connectivity index (χ1) is 9.67. The SMILES string of the molecule is C#Cc1c(-c2ccc(Cl)cc2)ccc(OCCBr)c1C. The standard InChI is InChI=1S/C17H14BrClO/c1-3-15-12(2)17(20-11-10-18)9-8-16(15)13-4-6-14(19)7-5-13/h1,4-9H,10-11H2,2H3. The van der Waals surface area contributed by atoms with Crippen molar-refractivity contribution in [1.29, 1.82) is 0 Å². The van der Waals surface area contributed by atoms with Gasteiger partial charge in [-0.05, 0) is 42.3 Å². The molecule has 0 spiro atoms. The van der Waals surface area contributed by atoms with Gasteiger partial charge in [-0.15, -0.1) is 6.42 Å². The van der Waals surface area contributed by atoms with Crippen LogP contribution in [0.1, 0.15) is 11.1 Å². The molecule has 0 unspecified atom stereocenters. The molecule has 2 aromatic rings. The first kappa shape index (κ1) is 15.0. The van der Waals surface area contributed by atoms with Crippen molar-refractivity contribution >= 4 is 27.5 Å². The molecule has 0 aromatic heterocycles. The lowest BCUT2D eigenvalue weighted by Gasteiger charge is -2.13. The second kappa shape index (κ2) is 6.83. The van der Waals surface area contributed by atoms with Crippen LogP contribution in [0.15, 0.2) is 36.4 Å². The molecular weight excluding hydrogens is 336 g/mol. The van der Waals surface area contributed by atoms with Crippen LogP contribution in [0.4, 0.5) is 0 Å². The van der Waals surface area contributed by atoms with Gasteiger partial charge in [-0.1, -0.05) is 45.6 Å². The summed E-state index contributed by atoms with van der Waals surface area (Å²) >= 11 is 9.27. The van der Waals surface area contributed by atoms with Crippen LogP contribution < -0.4 is 4.74 Å². The molecule has 0 N–H and O–H groups in total. The number of alkyl halides is 1. The van der Waals surface area contributed by atoms with Crippen LogP contribution in [0.2, 0.25) is 5.02 Å². The van der Waals surface area contributed by atoms with Crippen LogP contribution in [0.25, 0.3) is 11.1 Å². The monoisotopic (exact) mass is 348 g/mol. The fraction of sp³-hybridized carbons (Fsp3) is 0.176. The van der Waals surface area contributed by atoms with Crippen LogP contribution in [0, 0.1) is 19.3 Å². The number of terminal acetylenes is 1. The number of hydrogen-bond acceptors (Lipinski definition) is 1. The van der Waals surface area contributed by atoms with Crippen molar-refractivity contribution in [2.24, 2.45) is 0 Å². The largest absolute Gasteiger partial charge is 0.492 e. The summed E-state index contributed by atoms with van der Waals surface area (Å²) in [5, 5.41) is 1.50. The number of ether oxygens (including phenoxy) is 1. The minimum atomic E-state index is 0.616. The van der Waals surface area contributed by atoms with Crippen LogP contribution in [-0.2, 0) is 0 Å². The molecule has 0 atom stereocenters. The highest BCUT2D eigenvalue weighted by atomic mass is 79.9. The van der Waals surface area contributed by atoms with Crippen molar-refractivity contribution < 1.29 is 4.74 Å². The second-order valence-electron chi connectivity index (χ2n) is 4.30. The Balaban J connectivity index is 2.47. The summed E-state index contributed by atoms with van der Waals surface area (Å²) in [4.78, 5) is 0. The Morgan fingerprint density at radius 2 is 1.90 bits per heavy atom. The Bertz CT molecular complexity index is 641. The maximum Gasteiger partial charge on any atom is 0.123 e. The van der Waals surface area contributed by atoms with E-state index >= 15 is 0 Å². The van der Waals surface area contributed by atoms with E-state index in [0.29, 0.717) is 11.6 Å². The third-order valence-corrected chi connectivity index (χ3v) is 3.63. The summed E-state index contributed by atoms with van der Waals surface area (Å²) in [5.41, 5.74) is 3.92. The first-order valence-corrected chi connectivity index (χ1v) is 7.72. The zero-order valence-electron chi connectivity index (χ0n) is 11.1. The van der Waals surface area contributed by atoms with Crippen molar-refractivity contribution in [3.8, 4) is 29.2 Å². The predicted octanol–water partition coefficient (Wildman–Crippen LogP) is 5.07. The fourth-order valence-corrected chi connectivity index (χ4v) is 2.34. The van der Waals surface area contributed by atoms with E-state index in [9.17, 15) is 0 Å². The molecule has 0 saturated carbocycles. The van der Waals surface area contributed by atoms with Gasteiger partial charge in [0.2, 0.25) is 0 Å². The van der Waals surface area contributed by atoms with E-state index in [1.54, 1.807) is 0 Å². The molecule has 0 radical (unpaired) electrons. The minimum Gasteiger partial charge on any atom is -0.492 e. The Morgan fingerprint density at radius 3 is 2.50 bits per heavy atom. The maximum atomic E-state index is 5.92. The second-order valence-corrected chi connectivity index (χ2v) is 5.53. The fourth-order valence-electron chi connectivity index (χ4n) is 2.05. The van der Waals surface area contributed by atoms with E-state index in [0.717, 1.165) is 33.3 Å². The average molecular weight is 350 g/mol. The average Bonchev–Trinajstić information content (AvgIpc) is 2.46. The molecular formula is C17H14BrClO. The topological polar surface area (TPSA) is 9.23 Å². The highest BCUT2D eigenvalue weighted by Crippen LogP contribution is 2.31. The molecule has 20 heavy (non-hydrogen) atoms. The summed E-state index contributed by atoms with van der Waals surface area (Å²) in [6, 6.07) is 11.6. The molecule has 0 bridgehead atoms. The third kappa shape index (κ3) is 3.17. The predicted molar refractivity (Wildman–Crippen MR) is 88.8 cm³/mol. The van der Waals surface area contributed by atoms with Gasteiger partial charge in [-0.25, -0.2) is 0 Å². The summed E-state index contributed by atoms with van der Waals surface area (Å²) in [6.07, 6.45) is 5.68. The lowest BCUT2D eigenvalue weighted by atomic mass is 9.96. The van der Waals surface area contributed by atoms with Crippen LogP contribution in [0.3, 0.4) is 0 Å². The quantitative estimate of drug-likeness (QED) is 0.553. The number of hydrogen-bond donors (Lipinski definition) is 0. The molecule has 0 aliphatic carbocycles. The van der Waals surface area contributed by atoms with Crippen LogP contribution >= 0.6 is 27.5 Å². The van der Waals surface area contributed by atoms with E-state index < -0.39 is 0 Å². The van der Waals surface area contributed by atoms with Gasteiger partial charge in [0.1, 0.15) is 5.75 Å². The molecule has 0 aliphatic rings. The number of benzene rings is 2. The van der Waals surface area contributed by atoms with Crippen LogP contribution in [0.5, 0.6) is 5.75 Å². The van der Waals surface area contributed by atoms with E-state index in [1.165, 1.54) is 0 Å². The lowest BCUT2D eigenvalue weighted by molar-refractivity contribution is 0.342. The Hall–Kier alpha value is -1.43. The highest BCUT2D eigenvalue weighted by Gasteiger charge is 2.11. The third-order valence-electron chi connectivity index (χ3n) is 3.05.